The maximum atomic E-state index is 11.8. The lowest BCUT2D eigenvalue weighted by atomic mass is 9.99. The molecule has 0 fully saturated rings. The molecular weight excluding hydrogens is 216 g/mol. The molecule has 80 valence electrons. The third kappa shape index (κ3) is 0.990. The van der Waals surface area contributed by atoms with Crippen LogP contribution in [0.2, 0.25) is 0 Å². The molecule has 2 aliphatic rings. The van der Waals surface area contributed by atoms with E-state index in [1.165, 1.54) is 0 Å². The lowest BCUT2D eigenvalue weighted by Crippen LogP contribution is -2.11. The molecule has 4 nitrogen and oxygen atoms in total. The largest absolute Gasteiger partial charge is 0.446 e. The van der Waals surface area contributed by atoms with Crippen molar-refractivity contribution >= 4 is 21.7 Å². The minimum absolute atomic E-state index is 0.342. The quantitative estimate of drug-likeness (QED) is 0.428. The average molecular weight is 222 g/mol. The predicted molar refractivity (Wildman–Crippen MR) is 63.4 cm³/mol. The molecule has 0 unspecified atom stereocenters. The molecule has 0 aliphatic carbocycles. The van der Waals surface area contributed by atoms with E-state index in [0.29, 0.717) is 11.4 Å². The van der Waals surface area contributed by atoms with Gasteiger partial charge in [0.2, 0.25) is 5.89 Å². The minimum atomic E-state index is -0.342. The first-order chi connectivity index (χ1) is 8.34. The zero-order valence-electron chi connectivity index (χ0n) is 8.68. The lowest BCUT2D eigenvalue weighted by molar-refractivity contribution is 0.549. The Morgan fingerprint density at radius 1 is 1.06 bits per heavy atom. The Morgan fingerprint density at radius 3 is 2.88 bits per heavy atom. The van der Waals surface area contributed by atoms with Crippen LogP contribution in [0.5, 0.6) is 0 Å². The van der Waals surface area contributed by atoms with E-state index < -0.39 is 0 Å². The monoisotopic (exact) mass is 222 g/mol. The first kappa shape index (κ1) is 8.64. The second-order valence-electron chi connectivity index (χ2n) is 3.93. The lowest BCUT2D eigenvalue weighted by Gasteiger charge is -2.10. The van der Waals surface area contributed by atoms with Gasteiger partial charge >= 0.3 is 0 Å². The van der Waals surface area contributed by atoms with Crippen LogP contribution in [0.3, 0.4) is 0 Å². The summed E-state index contributed by atoms with van der Waals surface area (Å²) in [6.45, 7) is 0. The van der Waals surface area contributed by atoms with Crippen molar-refractivity contribution in [2.75, 3.05) is 0 Å². The van der Waals surface area contributed by atoms with Gasteiger partial charge in [-0.25, -0.2) is 0 Å². The second-order valence-corrected chi connectivity index (χ2v) is 3.93. The summed E-state index contributed by atoms with van der Waals surface area (Å²) >= 11 is 0. The van der Waals surface area contributed by atoms with E-state index in [2.05, 4.69) is 9.97 Å². The van der Waals surface area contributed by atoms with E-state index in [-0.39, 0.29) is 5.56 Å². The minimum Gasteiger partial charge on any atom is -0.446 e. The Bertz CT molecular complexity index is 866. The van der Waals surface area contributed by atoms with Gasteiger partial charge in [0, 0.05) is 11.6 Å². The standard InChI is InChI=1S/C13H6N2O2/c16-12-11-9-7(3-5-14-11)1-2-8-4-6-17-13(15-12)10(8)9/h1-6H. The molecule has 0 N–H and O–H groups in total. The third-order valence-electron chi connectivity index (χ3n) is 3.01. The summed E-state index contributed by atoms with van der Waals surface area (Å²) in [6, 6.07) is 7.71. The number of rotatable bonds is 0. The number of aromatic nitrogens is 2. The highest BCUT2D eigenvalue weighted by molar-refractivity contribution is 6.11. The Balaban J connectivity index is 2.50. The van der Waals surface area contributed by atoms with Crippen molar-refractivity contribution in [1.82, 2.24) is 9.97 Å². The fourth-order valence-electron chi connectivity index (χ4n) is 2.28. The Labute approximate surface area is 95.2 Å². The van der Waals surface area contributed by atoms with Crippen LogP contribution in [-0.2, 0) is 0 Å². The van der Waals surface area contributed by atoms with Gasteiger partial charge in [0.15, 0.2) is 0 Å². The maximum absolute atomic E-state index is 11.8. The van der Waals surface area contributed by atoms with Crippen molar-refractivity contribution in [3.05, 3.63) is 47.1 Å². The molecule has 1 aromatic heterocycles. The van der Waals surface area contributed by atoms with E-state index >= 15 is 0 Å². The van der Waals surface area contributed by atoms with Crippen molar-refractivity contribution < 1.29 is 4.42 Å². The molecule has 2 aromatic rings. The highest BCUT2D eigenvalue weighted by Crippen LogP contribution is 2.34. The van der Waals surface area contributed by atoms with Gasteiger partial charge in [0.1, 0.15) is 5.52 Å². The zero-order chi connectivity index (χ0) is 11.4. The average Bonchev–Trinajstić information content (AvgIpc) is 2.37. The summed E-state index contributed by atoms with van der Waals surface area (Å²) in [5.74, 6) is 0.374. The van der Waals surface area contributed by atoms with Crippen molar-refractivity contribution in [1.29, 1.82) is 0 Å². The van der Waals surface area contributed by atoms with Gasteiger partial charge in [0.05, 0.1) is 11.8 Å². The fraction of sp³-hybridized carbons (Fsp3) is 0. The van der Waals surface area contributed by atoms with Crippen LogP contribution in [0.4, 0.5) is 0 Å². The van der Waals surface area contributed by atoms with Gasteiger partial charge in [-0.15, -0.1) is 0 Å². The van der Waals surface area contributed by atoms with Crippen LogP contribution in [0.15, 0.2) is 45.9 Å². The Morgan fingerprint density at radius 2 is 1.94 bits per heavy atom. The summed E-state index contributed by atoms with van der Waals surface area (Å²) in [7, 11) is 0. The Kier molecular flexibility index (Phi) is 1.42. The van der Waals surface area contributed by atoms with E-state index in [4.69, 9.17) is 4.42 Å². The van der Waals surface area contributed by atoms with Gasteiger partial charge < -0.3 is 4.42 Å². The number of hydrogen-bond donors (Lipinski definition) is 0. The van der Waals surface area contributed by atoms with Crippen molar-refractivity contribution in [3.8, 4) is 11.5 Å². The molecule has 0 saturated heterocycles. The summed E-state index contributed by atoms with van der Waals surface area (Å²) in [4.78, 5) is 19.9. The topological polar surface area (TPSA) is 56.0 Å². The van der Waals surface area contributed by atoms with E-state index in [0.717, 1.165) is 21.7 Å². The van der Waals surface area contributed by atoms with E-state index in [9.17, 15) is 4.79 Å². The second kappa shape index (κ2) is 2.79. The van der Waals surface area contributed by atoms with Crippen molar-refractivity contribution in [2.45, 2.75) is 0 Å². The van der Waals surface area contributed by atoms with E-state index in [1.54, 1.807) is 12.5 Å². The molecule has 4 heteroatoms. The first-order valence-electron chi connectivity index (χ1n) is 5.23. The van der Waals surface area contributed by atoms with Gasteiger partial charge in [-0.2, -0.15) is 4.98 Å². The number of pyridine rings is 2. The summed E-state index contributed by atoms with van der Waals surface area (Å²) in [5, 5.41) is 2.82. The molecular formula is C13H6N2O2. The van der Waals surface area contributed by atoms with Crippen LogP contribution >= 0.6 is 0 Å². The molecule has 3 heterocycles. The summed E-state index contributed by atoms with van der Waals surface area (Å²) in [5.41, 5.74) is 0.931. The molecule has 0 bridgehead atoms. The maximum Gasteiger partial charge on any atom is 0.299 e. The first-order valence-corrected chi connectivity index (χ1v) is 5.23. The fourth-order valence-corrected chi connectivity index (χ4v) is 2.28. The molecule has 0 spiro atoms. The predicted octanol–water partition coefficient (Wildman–Crippen LogP) is 2.28. The van der Waals surface area contributed by atoms with Crippen LogP contribution in [-0.4, -0.2) is 9.97 Å². The summed E-state index contributed by atoms with van der Waals surface area (Å²) in [6.07, 6.45) is 3.17. The number of hydrogen-bond acceptors (Lipinski definition) is 4. The van der Waals surface area contributed by atoms with Crippen LogP contribution in [0.1, 0.15) is 0 Å². The molecule has 1 aromatic carbocycles. The highest BCUT2D eigenvalue weighted by Gasteiger charge is 2.18. The molecule has 0 atom stereocenters. The van der Waals surface area contributed by atoms with Crippen molar-refractivity contribution in [3.63, 3.8) is 0 Å². The van der Waals surface area contributed by atoms with Gasteiger partial charge in [-0.05, 0) is 22.9 Å². The normalized spacial score (nSPS) is 11.8. The SMILES string of the molecule is O=c1nc2occc3ccc4ccnc1c4c3-2. The summed E-state index contributed by atoms with van der Waals surface area (Å²) < 4.78 is 5.30. The molecule has 17 heavy (non-hydrogen) atoms. The third-order valence-corrected chi connectivity index (χ3v) is 3.01. The Hall–Kier alpha value is -2.49. The van der Waals surface area contributed by atoms with Gasteiger partial charge in [-0.1, -0.05) is 12.1 Å². The van der Waals surface area contributed by atoms with Crippen molar-refractivity contribution in [2.24, 2.45) is 0 Å². The number of benzene rings is 1. The van der Waals surface area contributed by atoms with Crippen LogP contribution < -0.4 is 5.56 Å². The molecule has 0 radical (unpaired) electrons. The van der Waals surface area contributed by atoms with Crippen LogP contribution in [0, 0.1) is 0 Å². The highest BCUT2D eigenvalue weighted by atomic mass is 16.3. The van der Waals surface area contributed by atoms with Crippen LogP contribution in [0.25, 0.3) is 33.1 Å². The molecule has 0 saturated carbocycles. The smallest absolute Gasteiger partial charge is 0.299 e. The molecule has 4 rings (SSSR count). The van der Waals surface area contributed by atoms with E-state index in [1.807, 2.05) is 24.3 Å². The zero-order valence-corrected chi connectivity index (χ0v) is 8.68. The molecule has 2 aliphatic heterocycles. The van der Waals surface area contributed by atoms with Gasteiger partial charge in [0.25, 0.3) is 5.56 Å². The van der Waals surface area contributed by atoms with Gasteiger partial charge in [-0.3, -0.25) is 9.78 Å². The molecule has 0 amide bonds. The number of nitrogens with zero attached hydrogens (tertiary/aromatic N) is 2.